The molecule has 0 saturated heterocycles. The van der Waals surface area contributed by atoms with Gasteiger partial charge in [0.25, 0.3) is 11.2 Å². The van der Waals surface area contributed by atoms with E-state index in [4.69, 9.17) is 4.74 Å². The molecule has 0 bridgehead atoms. The Morgan fingerprint density at radius 3 is 2.79 bits per heavy atom. The maximum Gasteiger partial charge on any atom is 0.345 e. The molecule has 1 aromatic heterocycles. The Morgan fingerprint density at radius 2 is 2.14 bits per heavy atom. The van der Waals surface area contributed by atoms with E-state index in [1.54, 1.807) is 25.3 Å². The predicted octanol–water partition coefficient (Wildman–Crippen LogP) is 3.14. The highest BCUT2D eigenvalue weighted by Crippen LogP contribution is 2.30. The Bertz CT molecular complexity index is 994. The van der Waals surface area contributed by atoms with Crippen molar-refractivity contribution in [2.75, 3.05) is 11.9 Å². The zero-order chi connectivity index (χ0) is 20.3. The van der Waals surface area contributed by atoms with Gasteiger partial charge in [0.1, 0.15) is 11.4 Å². The predicted molar refractivity (Wildman–Crippen MR) is 103 cm³/mol. The van der Waals surface area contributed by atoms with E-state index in [1.807, 2.05) is 6.92 Å². The first kappa shape index (κ1) is 19.3. The molecule has 1 atom stereocenters. The number of non-ortho nitro benzene ring substituents is 1. The highest BCUT2D eigenvalue weighted by Gasteiger charge is 2.25. The number of nitro groups is 1. The zero-order valence-electron chi connectivity index (χ0n) is 15.5. The Morgan fingerprint density at radius 1 is 1.43 bits per heavy atom. The van der Waals surface area contributed by atoms with Gasteiger partial charge >= 0.3 is 5.97 Å². The number of aromatic nitrogens is 2. The summed E-state index contributed by atoms with van der Waals surface area (Å²) in [5.41, 5.74) is 0.992. The third-order valence-corrected chi connectivity index (χ3v) is 4.54. The van der Waals surface area contributed by atoms with E-state index >= 15 is 0 Å². The van der Waals surface area contributed by atoms with E-state index in [9.17, 15) is 19.7 Å². The van der Waals surface area contributed by atoms with Crippen LogP contribution in [0.4, 0.5) is 11.4 Å². The second kappa shape index (κ2) is 8.03. The molecule has 3 rings (SSSR count). The molecule has 0 fully saturated rings. The van der Waals surface area contributed by atoms with Crippen molar-refractivity contribution >= 4 is 22.9 Å². The monoisotopic (exact) mass is 384 g/mol. The number of fused-ring (bicyclic) bond motifs is 1. The topological polar surface area (TPSA) is 116 Å². The largest absolute Gasteiger partial charge is 0.462 e. The summed E-state index contributed by atoms with van der Waals surface area (Å²) in [4.78, 5) is 39.4. The third kappa shape index (κ3) is 3.78. The van der Waals surface area contributed by atoms with Gasteiger partial charge in [-0.3, -0.25) is 19.5 Å². The van der Waals surface area contributed by atoms with Gasteiger partial charge in [0.05, 0.1) is 11.5 Å². The molecule has 9 nitrogen and oxygen atoms in total. The molecule has 9 heteroatoms. The van der Waals surface area contributed by atoms with Crippen LogP contribution in [0.2, 0.25) is 0 Å². The van der Waals surface area contributed by atoms with Gasteiger partial charge < -0.3 is 10.1 Å². The number of benzene rings is 1. The van der Waals surface area contributed by atoms with Crippen LogP contribution in [0.3, 0.4) is 0 Å². The van der Waals surface area contributed by atoms with Gasteiger partial charge in [-0.05, 0) is 38.8 Å². The molecule has 1 N–H and O–H groups in total. The van der Waals surface area contributed by atoms with Crippen molar-refractivity contribution in [2.45, 2.75) is 32.7 Å². The minimum absolute atomic E-state index is 0.00903. The number of nitrogens with one attached hydrogen (secondary N) is 1. The number of allylic oxidation sites excluding steroid dienone is 1. The normalized spacial score (nSPS) is 17.1. The van der Waals surface area contributed by atoms with Gasteiger partial charge in [0.15, 0.2) is 0 Å². The number of rotatable bonds is 5. The first-order valence-electron chi connectivity index (χ1n) is 8.91. The lowest BCUT2D eigenvalue weighted by Gasteiger charge is -2.26. The van der Waals surface area contributed by atoms with Gasteiger partial charge in [-0.25, -0.2) is 9.78 Å². The maximum atomic E-state index is 12.8. The van der Waals surface area contributed by atoms with Crippen LogP contribution in [-0.4, -0.2) is 27.1 Å². The van der Waals surface area contributed by atoms with Crippen molar-refractivity contribution in [3.05, 3.63) is 68.5 Å². The van der Waals surface area contributed by atoms with E-state index in [0.29, 0.717) is 24.4 Å². The summed E-state index contributed by atoms with van der Waals surface area (Å²) in [7, 11) is 0. The standard InChI is InChI=1S/C19H20N4O5/c1-3-28-19(25)16-11-21-17-13(5-4-12(2)22(17)18(16)24)10-20-14-6-8-15(9-7-14)23(26)27/h6-12,20H,3-5H2,1-2H3/b13-10-. The molecule has 28 heavy (non-hydrogen) atoms. The number of esters is 1. The smallest absolute Gasteiger partial charge is 0.345 e. The average Bonchev–Trinajstić information content (AvgIpc) is 2.68. The van der Waals surface area contributed by atoms with Crippen LogP contribution < -0.4 is 10.9 Å². The van der Waals surface area contributed by atoms with E-state index < -0.39 is 16.5 Å². The number of nitro benzene ring substituents is 1. The fourth-order valence-corrected chi connectivity index (χ4v) is 3.06. The fraction of sp³-hybridized carbons (Fsp3) is 0.316. The van der Waals surface area contributed by atoms with Crippen molar-refractivity contribution in [1.29, 1.82) is 0 Å². The summed E-state index contributed by atoms with van der Waals surface area (Å²) in [6, 6.07) is 5.93. The number of nitrogens with zero attached hydrogens (tertiary/aromatic N) is 3. The van der Waals surface area contributed by atoms with Gasteiger partial charge in [0.2, 0.25) is 0 Å². The number of ether oxygens (including phenoxy) is 1. The summed E-state index contributed by atoms with van der Waals surface area (Å²) < 4.78 is 6.44. The van der Waals surface area contributed by atoms with Crippen LogP contribution >= 0.6 is 0 Å². The van der Waals surface area contributed by atoms with Gasteiger partial charge in [-0.1, -0.05) is 0 Å². The quantitative estimate of drug-likeness (QED) is 0.478. The summed E-state index contributed by atoms with van der Waals surface area (Å²) in [6.45, 7) is 3.76. The minimum atomic E-state index is -0.678. The van der Waals surface area contributed by atoms with Crippen LogP contribution in [0.25, 0.3) is 5.57 Å². The molecule has 0 aliphatic carbocycles. The van der Waals surface area contributed by atoms with Crippen LogP contribution in [0, 0.1) is 10.1 Å². The Kier molecular flexibility index (Phi) is 5.53. The van der Waals surface area contributed by atoms with Crippen molar-refractivity contribution in [3.63, 3.8) is 0 Å². The molecule has 0 spiro atoms. The fourth-order valence-electron chi connectivity index (χ4n) is 3.06. The lowest BCUT2D eigenvalue weighted by molar-refractivity contribution is -0.384. The van der Waals surface area contributed by atoms with Crippen LogP contribution in [0.15, 0.2) is 41.5 Å². The zero-order valence-corrected chi connectivity index (χ0v) is 15.5. The summed E-state index contributed by atoms with van der Waals surface area (Å²) >= 11 is 0. The molecule has 0 radical (unpaired) electrons. The molecule has 0 saturated carbocycles. The number of carbonyl (C=O) groups excluding carboxylic acids is 1. The first-order valence-corrected chi connectivity index (χ1v) is 8.91. The third-order valence-electron chi connectivity index (χ3n) is 4.54. The lowest BCUT2D eigenvalue weighted by Crippen LogP contribution is -2.34. The number of hydrogen-bond donors (Lipinski definition) is 1. The van der Waals surface area contributed by atoms with Gasteiger partial charge in [0, 0.05) is 41.8 Å². The molecular weight excluding hydrogens is 364 g/mol. The van der Waals surface area contributed by atoms with E-state index in [2.05, 4.69) is 10.3 Å². The molecule has 1 aliphatic heterocycles. The molecule has 1 aliphatic rings. The SMILES string of the molecule is CCOC(=O)c1cnc2n(c1=O)C(C)CC/C2=C/Nc1ccc([N+](=O)[O-])cc1. The molecule has 2 heterocycles. The van der Waals surface area contributed by atoms with E-state index in [0.717, 1.165) is 5.57 Å². The number of hydrogen-bond acceptors (Lipinski definition) is 7. The van der Waals surface area contributed by atoms with Gasteiger partial charge in [-0.2, -0.15) is 0 Å². The maximum absolute atomic E-state index is 12.8. The molecule has 1 unspecified atom stereocenters. The van der Waals surface area contributed by atoms with Crippen LogP contribution in [0.1, 0.15) is 48.9 Å². The lowest BCUT2D eigenvalue weighted by atomic mass is 10.0. The first-order chi connectivity index (χ1) is 13.4. The highest BCUT2D eigenvalue weighted by atomic mass is 16.6. The summed E-state index contributed by atoms with van der Waals surface area (Å²) in [5.74, 6) is -0.186. The van der Waals surface area contributed by atoms with E-state index in [-0.39, 0.29) is 23.9 Å². The second-order valence-electron chi connectivity index (χ2n) is 6.40. The number of carbonyl (C=O) groups is 1. The number of anilines is 1. The second-order valence-corrected chi connectivity index (χ2v) is 6.40. The van der Waals surface area contributed by atoms with E-state index in [1.165, 1.54) is 22.9 Å². The minimum Gasteiger partial charge on any atom is -0.462 e. The molecule has 146 valence electrons. The van der Waals surface area contributed by atoms with Crippen molar-refractivity contribution < 1.29 is 14.5 Å². The van der Waals surface area contributed by atoms with Crippen LogP contribution in [0.5, 0.6) is 0 Å². The summed E-state index contributed by atoms with van der Waals surface area (Å²) in [5, 5.41) is 13.8. The Hall–Kier alpha value is -3.49. The molecule has 0 amide bonds. The molecule has 1 aromatic carbocycles. The Balaban J connectivity index is 1.91. The van der Waals surface area contributed by atoms with Gasteiger partial charge in [-0.15, -0.1) is 0 Å². The van der Waals surface area contributed by atoms with Crippen molar-refractivity contribution in [3.8, 4) is 0 Å². The molecule has 2 aromatic rings. The highest BCUT2D eigenvalue weighted by molar-refractivity contribution is 5.88. The summed E-state index contributed by atoms with van der Waals surface area (Å²) in [6.07, 6.45) is 4.40. The van der Waals surface area contributed by atoms with Crippen molar-refractivity contribution in [2.24, 2.45) is 0 Å². The van der Waals surface area contributed by atoms with Crippen LogP contribution in [-0.2, 0) is 4.74 Å². The molecular formula is C19H20N4O5. The average molecular weight is 384 g/mol. The van der Waals surface area contributed by atoms with Crippen molar-refractivity contribution in [1.82, 2.24) is 9.55 Å². The Labute approximate surface area is 160 Å².